The van der Waals surface area contributed by atoms with Crippen molar-refractivity contribution in [3.63, 3.8) is 0 Å². The fourth-order valence-corrected chi connectivity index (χ4v) is 3.40. The first-order valence-electron chi connectivity index (χ1n) is 12.2. The van der Waals surface area contributed by atoms with E-state index in [0.717, 1.165) is 11.1 Å². The second-order valence-electron chi connectivity index (χ2n) is 9.60. The normalized spacial score (nSPS) is 14.8. The van der Waals surface area contributed by atoms with Crippen LogP contribution in [0, 0.1) is 0 Å². The molecule has 0 bridgehead atoms. The highest BCUT2D eigenvalue weighted by Crippen LogP contribution is 2.16. The van der Waals surface area contributed by atoms with Crippen molar-refractivity contribution in [3.05, 3.63) is 71.8 Å². The van der Waals surface area contributed by atoms with Crippen molar-refractivity contribution in [2.75, 3.05) is 20.3 Å². The van der Waals surface area contributed by atoms with Crippen LogP contribution < -0.4 is 5.32 Å². The number of carbonyl (C=O) groups excluding carboxylic acids is 2. The molecule has 37 heavy (non-hydrogen) atoms. The fraction of sp³-hybridized carbons (Fsp3) is 0.500. The number of methoxy groups -OCH3 is 1. The molecule has 204 valence electrons. The maximum atomic E-state index is 12.2. The number of esters is 1. The molecule has 0 aliphatic heterocycles. The number of hydrogen-bond acceptors (Lipinski definition) is 8. The summed E-state index contributed by atoms with van der Waals surface area (Å²) in [6.45, 7) is 7.11. The lowest BCUT2D eigenvalue weighted by atomic mass is 10.1. The smallest absolute Gasteiger partial charge is 0.408 e. The molecule has 2 aromatic carbocycles. The van der Waals surface area contributed by atoms with E-state index in [0.29, 0.717) is 0 Å². The highest BCUT2D eigenvalue weighted by atomic mass is 16.6. The van der Waals surface area contributed by atoms with E-state index in [9.17, 15) is 14.7 Å². The second-order valence-corrected chi connectivity index (χ2v) is 9.60. The molecule has 0 aliphatic rings. The molecule has 0 radical (unpaired) electrons. The molecule has 2 N–H and O–H groups in total. The summed E-state index contributed by atoms with van der Waals surface area (Å²) < 4.78 is 28.0. The zero-order valence-corrected chi connectivity index (χ0v) is 22.2. The summed E-state index contributed by atoms with van der Waals surface area (Å²) in [7, 11) is 1.22. The van der Waals surface area contributed by atoms with Gasteiger partial charge in [0.25, 0.3) is 0 Å². The third-order valence-electron chi connectivity index (χ3n) is 5.18. The third-order valence-corrected chi connectivity index (χ3v) is 5.18. The number of hydrogen-bond donors (Lipinski definition) is 2. The van der Waals surface area contributed by atoms with Crippen LogP contribution in [0.25, 0.3) is 0 Å². The molecule has 0 heterocycles. The molecule has 0 spiro atoms. The average molecular weight is 518 g/mol. The SMILES string of the molecule is COC(=O)C(COCC(OCc1ccccc1)C(OCc1ccccc1)C(C)O)NC(=O)OC(C)(C)C. The van der Waals surface area contributed by atoms with E-state index in [2.05, 4.69) is 5.32 Å². The van der Waals surface area contributed by atoms with E-state index >= 15 is 0 Å². The summed E-state index contributed by atoms with van der Waals surface area (Å²) >= 11 is 0. The van der Waals surface area contributed by atoms with Crippen LogP contribution in [0.1, 0.15) is 38.8 Å². The Hall–Kier alpha value is -2.98. The standard InChI is InChI=1S/C28H39NO8/c1-20(30)25(36-17-22-14-10-7-11-15-22)24(35-16-21-12-8-6-9-13-21)19-34-18-23(26(31)33-5)29-27(32)37-28(2,3)4/h6-15,20,23-25,30H,16-19H2,1-5H3,(H,29,32). The lowest BCUT2D eigenvalue weighted by Gasteiger charge is -2.30. The predicted octanol–water partition coefficient (Wildman–Crippen LogP) is 3.62. The van der Waals surface area contributed by atoms with Crippen LogP contribution in [0.4, 0.5) is 4.79 Å². The number of aliphatic hydroxyl groups excluding tert-OH is 1. The topological polar surface area (TPSA) is 113 Å². The molecule has 4 atom stereocenters. The Bertz CT molecular complexity index is 930. The molecular weight excluding hydrogens is 478 g/mol. The van der Waals surface area contributed by atoms with Crippen LogP contribution >= 0.6 is 0 Å². The first-order chi connectivity index (χ1) is 17.6. The van der Waals surface area contributed by atoms with Gasteiger partial charge >= 0.3 is 12.1 Å². The lowest BCUT2D eigenvalue weighted by Crippen LogP contribution is -2.48. The van der Waals surface area contributed by atoms with Gasteiger partial charge in [-0.05, 0) is 38.8 Å². The molecule has 4 unspecified atom stereocenters. The summed E-state index contributed by atoms with van der Waals surface area (Å²) in [4.78, 5) is 24.4. The number of rotatable bonds is 14. The summed E-state index contributed by atoms with van der Waals surface area (Å²) in [5.74, 6) is -0.681. The number of alkyl carbamates (subject to hydrolysis) is 1. The Balaban J connectivity index is 2.08. The van der Waals surface area contributed by atoms with Gasteiger partial charge in [0.15, 0.2) is 6.04 Å². The van der Waals surface area contributed by atoms with E-state index in [1.807, 2.05) is 60.7 Å². The Morgan fingerprint density at radius 2 is 1.43 bits per heavy atom. The van der Waals surface area contributed by atoms with Gasteiger partial charge in [-0.25, -0.2) is 9.59 Å². The fourth-order valence-electron chi connectivity index (χ4n) is 3.40. The predicted molar refractivity (Wildman–Crippen MR) is 138 cm³/mol. The van der Waals surface area contributed by atoms with Crippen molar-refractivity contribution in [1.82, 2.24) is 5.32 Å². The van der Waals surface area contributed by atoms with Crippen LogP contribution in [0.5, 0.6) is 0 Å². The number of ether oxygens (including phenoxy) is 5. The number of benzene rings is 2. The molecule has 2 aromatic rings. The van der Waals surface area contributed by atoms with E-state index in [1.165, 1.54) is 7.11 Å². The first-order valence-corrected chi connectivity index (χ1v) is 12.2. The van der Waals surface area contributed by atoms with Crippen molar-refractivity contribution < 1.29 is 38.4 Å². The van der Waals surface area contributed by atoms with Gasteiger partial charge in [-0.15, -0.1) is 0 Å². The molecule has 0 aromatic heterocycles. The van der Waals surface area contributed by atoms with Crippen LogP contribution in [-0.2, 0) is 41.7 Å². The van der Waals surface area contributed by atoms with Crippen molar-refractivity contribution >= 4 is 12.1 Å². The van der Waals surface area contributed by atoms with Gasteiger partial charge in [-0.2, -0.15) is 0 Å². The van der Waals surface area contributed by atoms with Gasteiger partial charge in [-0.3, -0.25) is 0 Å². The van der Waals surface area contributed by atoms with E-state index < -0.39 is 42.0 Å². The zero-order valence-electron chi connectivity index (χ0n) is 22.2. The monoisotopic (exact) mass is 517 g/mol. The second kappa shape index (κ2) is 15.3. The third kappa shape index (κ3) is 11.7. The molecule has 1 amide bonds. The molecule has 9 heteroatoms. The van der Waals surface area contributed by atoms with Gasteiger partial charge in [0.05, 0.1) is 39.6 Å². The summed E-state index contributed by atoms with van der Waals surface area (Å²) in [5, 5.41) is 13.0. The Labute approximate surface area is 219 Å². The summed E-state index contributed by atoms with van der Waals surface area (Å²) in [6.07, 6.45) is -3.04. The number of nitrogens with one attached hydrogen (secondary N) is 1. The molecule has 0 saturated carbocycles. The largest absolute Gasteiger partial charge is 0.467 e. The molecule has 0 saturated heterocycles. The molecule has 0 fully saturated rings. The average Bonchev–Trinajstić information content (AvgIpc) is 2.85. The van der Waals surface area contributed by atoms with Crippen molar-refractivity contribution in [2.24, 2.45) is 0 Å². The molecule has 2 rings (SSSR count). The van der Waals surface area contributed by atoms with Crippen LogP contribution in [0.2, 0.25) is 0 Å². The number of aliphatic hydroxyl groups is 1. The highest BCUT2D eigenvalue weighted by Gasteiger charge is 2.30. The van der Waals surface area contributed by atoms with Gasteiger partial charge in [0, 0.05) is 0 Å². The van der Waals surface area contributed by atoms with Crippen molar-refractivity contribution in [2.45, 2.75) is 70.9 Å². The van der Waals surface area contributed by atoms with Crippen molar-refractivity contribution in [1.29, 1.82) is 0 Å². The van der Waals surface area contributed by atoms with Gasteiger partial charge in [-0.1, -0.05) is 60.7 Å². The van der Waals surface area contributed by atoms with Crippen LogP contribution in [0.3, 0.4) is 0 Å². The zero-order chi connectivity index (χ0) is 27.3. The first kappa shape index (κ1) is 30.2. The molecular formula is C28H39NO8. The lowest BCUT2D eigenvalue weighted by molar-refractivity contribution is -0.154. The molecule has 9 nitrogen and oxygen atoms in total. The van der Waals surface area contributed by atoms with Crippen LogP contribution in [-0.4, -0.2) is 67.4 Å². The maximum Gasteiger partial charge on any atom is 0.408 e. The Kier molecular flexibility index (Phi) is 12.5. The number of amides is 1. The maximum absolute atomic E-state index is 12.2. The Morgan fingerprint density at radius 1 is 0.892 bits per heavy atom. The minimum atomic E-state index is -1.09. The van der Waals surface area contributed by atoms with Crippen LogP contribution in [0.15, 0.2) is 60.7 Å². The summed E-state index contributed by atoms with van der Waals surface area (Å²) in [5.41, 5.74) is 1.16. The minimum Gasteiger partial charge on any atom is -0.467 e. The quantitative estimate of drug-likeness (QED) is 0.366. The number of carbonyl (C=O) groups is 2. The Morgan fingerprint density at radius 3 is 1.92 bits per heavy atom. The molecule has 0 aliphatic carbocycles. The van der Waals surface area contributed by atoms with Gasteiger partial charge in [0.1, 0.15) is 17.8 Å². The minimum absolute atomic E-state index is 0.0132. The summed E-state index contributed by atoms with van der Waals surface area (Å²) in [6, 6.07) is 18.1. The van der Waals surface area contributed by atoms with Gasteiger partial charge < -0.3 is 34.1 Å². The van der Waals surface area contributed by atoms with E-state index in [-0.39, 0.29) is 26.4 Å². The van der Waals surface area contributed by atoms with E-state index in [4.69, 9.17) is 23.7 Å². The van der Waals surface area contributed by atoms with Crippen molar-refractivity contribution in [3.8, 4) is 0 Å². The highest BCUT2D eigenvalue weighted by molar-refractivity contribution is 5.81. The van der Waals surface area contributed by atoms with Gasteiger partial charge in [0.2, 0.25) is 0 Å². The van der Waals surface area contributed by atoms with E-state index in [1.54, 1.807) is 27.7 Å².